The molecule has 5 heteroatoms. The lowest BCUT2D eigenvalue weighted by Crippen LogP contribution is -2.22. The predicted molar refractivity (Wildman–Crippen MR) is 117 cm³/mol. The van der Waals surface area contributed by atoms with Gasteiger partial charge in [0.15, 0.2) is 5.78 Å². The highest BCUT2D eigenvalue weighted by Crippen LogP contribution is 2.32. The zero-order valence-corrected chi connectivity index (χ0v) is 17.5. The summed E-state index contributed by atoms with van der Waals surface area (Å²) in [5.41, 5.74) is 5.30. The van der Waals surface area contributed by atoms with Crippen molar-refractivity contribution < 1.29 is 9.59 Å². The van der Waals surface area contributed by atoms with Crippen molar-refractivity contribution in [1.29, 1.82) is 0 Å². The van der Waals surface area contributed by atoms with Crippen LogP contribution in [0.25, 0.3) is 0 Å². The lowest BCUT2D eigenvalue weighted by atomic mass is 9.81. The average molecular weight is 399 g/mol. The summed E-state index contributed by atoms with van der Waals surface area (Å²) in [7, 11) is 0. The lowest BCUT2D eigenvalue weighted by molar-refractivity contribution is 0.0962. The standard InChI is InChI=1S/C25H25N3O2/c1-15(2)17-8-10-18(11-9-17)20-12-22-21(23(29)13-20)14-26-25(27-22)28-24(30)19-6-4-16(3)5-7-19/h4-11,14-15,20H,12-13H2,1-3H3,(H,26,27,28,30)/t20-/m1/s1. The molecule has 0 saturated heterocycles. The molecular formula is C25H25N3O2. The molecule has 1 aliphatic rings. The Balaban J connectivity index is 1.54. The van der Waals surface area contributed by atoms with E-state index in [-0.39, 0.29) is 23.6 Å². The Morgan fingerprint density at radius 2 is 1.73 bits per heavy atom. The quantitative estimate of drug-likeness (QED) is 0.664. The summed E-state index contributed by atoms with van der Waals surface area (Å²) >= 11 is 0. The van der Waals surface area contributed by atoms with Crippen molar-refractivity contribution in [3.63, 3.8) is 0 Å². The summed E-state index contributed by atoms with van der Waals surface area (Å²) in [6, 6.07) is 15.8. The zero-order chi connectivity index (χ0) is 21.3. The lowest BCUT2D eigenvalue weighted by Gasteiger charge is -2.23. The van der Waals surface area contributed by atoms with E-state index in [0.717, 1.165) is 11.1 Å². The van der Waals surface area contributed by atoms with Crippen LogP contribution < -0.4 is 5.32 Å². The Kier molecular flexibility index (Phi) is 5.44. The van der Waals surface area contributed by atoms with Gasteiger partial charge in [0.05, 0.1) is 11.3 Å². The van der Waals surface area contributed by atoms with E-state index in [2.05, 4.69) is 53.4 Å². The van der Waals surface area contributed by atoms with Gasteiger partial charge < -0.3 is 0 Å². The maximum Gasteiger partial charge on any atom is 0.258 e. The van der Waals surface area contributed by atoms with E-state index < -0.39 is 0 Å². The van der Waals surface area contributed by atoms with E-state index in [4.69, 9.17) is 0 Å². The number of rotatable bonds is 4. The maximum atomic E-state index is 12.7. The molecule has 1 amide bonds. The number of amides is 1. The molecule has 0 radical (unpaired) electrons. The maximum absolute atomic E-state index is 12.7. The van der Waals surface area contributed by atoms with Gasteiger partial charge in [-0.2, -0.15) is 0 Å². The molecule has 1 atom stereocenters. The number of aryl methyl sites for hydroxylation is 1. The van der Waals surface area contributed by atoms with Crippen LogP contribution in [0.4, 0.5) is 5.95 Å². The fourth-order valence-electron chi connectivity index (χ4n) is 3.77. The van der Waals surface area contributed by atoms with E-state index in [1.54, 1.807) is 12.1 Å². The molecule has 2 aromatic carbocycles. The van der Waals surface area contributed by atoms with E-state index >= 15 is 0 Å². The van der Waals surface area contributed by atoms with Crippen molar-refractivity contribution in [1.82, 2.24) is 9.97 Å². The monoisotopic (exact) mass is 399 g/mol. The predicted octanol–water partition coefficient (Wildman–Crippen LogP) is 5.07. The third-order valence-corrected chi connectivity index (χ3v) is 5.65. The van der Waals surface area contributed by atoms with E-state index in [9.17, 15) is 9.59 Å². The molecule has 0 aliphatic heterocycles. The Bertz CT molecular complexity index is 1090. The van der Waals surface area contributed by atoms with Gasteiger partial charge in [0.1, 0.15) is 0 Å². The number of fused-ring (bicyclic) bond motifs is 1. The second kappa shape index (κ2) is 8.19. The highest BCUT2D eigenvalue weighted by molar-refractivity contribution is 6.03. The molecule has 1 aliphatic carbocycles. The summed E-state index contributed by atoms with van der Waals surface area (Å²) < 4.78 is 0. The van der Waals surface area contributed by atoms with Crippen molar-refractivity contribution >= 4 is 17.6 Å². The van der Waals surface area contributed by atoms with Crippen LogP contribution in [0.2, 0.25) is 0 Å². The Labute approximate surface area is 176 Å². The van der Waals surface area contributed by atoms with Crippen molar-refractivity contribution in [2.75, 3.05) is 5.32 Å². The second-order valence-corrected chi connectivity index (χ2v) is 8.22. The minimum absolute atomic E-state index is 0.0468. The van der Waals surface area contributed by atoms with Crippen LogP contribution in [0, 0.1) is 6.92 Å². The van der Waals surface area contributed by atoms with Crippen LogP contribution in [-0.4, -0.2) is 21.7 Å². The first kappa shape index (κ1) is 20.0. The molecule has 1 N–H and O–H groups in total. The van der Waals surface area contributed by atoms with Crippen LogP contribution in [0.3, 0.4) is 0 Å². The van der Waals surface area contributed by atoms with Gasteiger partial charge in [-0.15, -0.1) is 0 Å². The molecule has 5 nitrogen and oxygen atoms in total. The number of hydrogen-bond acceptors (Lipinski definition) is 4. The molecule has 0 unspecified atom stereocenters. The number of Topliss-reactive ketones (excluding diaryl/α,β-unsaturated/α-hetero) is 1. The highest BCUT2D eigenvalue weighted by atomic mass is 16.1. The normalized spacial score (nSPS) is 15.7. The van der Waals surface area contributed by atoms with E-state index in [1.165, 1.54) is 11.8 Å². The minimum Gasteiger partial charge on any atom is -0.294 e. The Morgan fingerprint density at radius 3 is 2.40 bits per heavy atom. The molecular weight excluding hydrogens is 374 g/mol. The van der Waals surface area contributed by atoms with Gasteiger partial charge in [-0.05, 0) is 48.4 Å². The van der Waals surface area contributed by atoms with Crippen LogP contribution in [0.1, 0.15) is 75.2 Å². The first-order chi connectivity index (χ1) is 14.4. The average Bonchev–Trinajstić information content (AvgIpc) is 2.74. The number of benzene rings is 2. The number of aromatic nitrogens is 2. The molecule has 152 valence electrons. The smallest absolute Gasteiger partial charge is 0.258 e. The largest absolute Gasteiger partial charge is 0.294 e. The topological polar surface area (TPSA) is 72.0 Å². The summed E-state index contributed by atoms with van der Waals surface area (Å²) in [4.78, 5) is 33.8. The fourth-order valence-corrected chi connectivity index (χ4v) is 3.77. The van der Waals surface area contributed by atoms with Crippen LogP contribution in [0.15, 0.2) is 54.7 Å². The molecule has 1 heterocycles. The first-order valence-corrected chi connectivity index (χ1v) is 10.3. The third-order valence-electron chi connectivity index (χ3n) is 5.65. The summed E-state index contributed by atoms with van der Waals surface area (Å²) in [6.07, 6.45) is 2.64. The van der Waals surface area contributed by atoms with Crippen LogP contribution in [-0.2, 0) is 6.42 Å². The zero-order valence-electron chi connectivity index (χ0n) is 17.5. The number of anilines is 1. The van der Waals surface area contributed by atoms with Crippen molar-refractivity contribution in [2.24, 2.45) is 0 Å². The summed E-state index contributed by atoms with van der Waals surface area (Å²) in [5.74, 6) is 0.563. The van der Waals surface area contributed by atoms with Gasteiger partial charge in [0.25, 0.3) is 5.91 Å². The molecule has 3 aromatic rings. The number of nitrogens with one attached hydrogen (secondary N) is 1. The number of carbonyl (C=O) groups is 2. The number of carbonyl (C=O) groups excluding carboxylic acids is 2. The number of ketones is 1. The molecule has 0 fully saturated rings. The Hall–Kier alpha value is -3.34. The van der Waals surface area contributed by atoms with Gasteiger partial charge in [-0.25, -0.2) is 9.97 Å². The minimum atomic E-state index is -0.266. The van der Waals surface area contributed by atoms with Crippen LogP contribution in [0.5, 0.6) is 0 Å². The SMILES string of the molecule is Cc1ccc(C(=O)Nc2ncc3c(n2)C[C@@H](c2ccc(C(C)C)cc2)CC3=O)cc1. The first-order valence-electron chi connectivity index (χ1n) is 10.3. The second-order valence-electron chi connectivity index (χ2n) is 8.22. The van der Waals surface area contributed by atoms with Crippen molar-refractivity contribution in [2.45, 2.75) is 45.4 Å². The van der Waals surface area contributed by atoms with Gasteiger partial charge in [-0.1, -0.05) is 55.8 Å². The molecule has 4 rings (SSSR count). The third kappa shape index (κ3) is 4.15. The number of nitrogens with zero attached hydrogens (tertiary/aromatic N) is 2. The van der Waals surface area contributed by atoms with Gasteiger partial charge in [0, 0.05) is 18.2 Å². The molecule has 30 heavy (non-hydrogen) atoms. The van der Waals surface area contributed by atoms with Crippen LogP contribution >= 0.6 is 0 Å². The Morgan fingerprint density at radius 1 is 1.03 bits per heavy atom. The molecule has 0 saturated carbocycles. The van der Waals surface area contributed by atoms with E-state index in [1.807, 2.05) is 19.1 Å². The van der Waals surface area contributed by atoms with Gasteiger partial charge >= 0.3 is 0 Å². The van der Waals surface area contributed by atoms with Gasteiger partial charge in [-0.3, -0.25) is 14.9 Å². The molecule has 1 aromatic heterocycles. The highest BCUT2D eigenvalue weighted by Gasteiger charge is 2.28. The summed E-state index contributed by atoms with van der Waals surface area (Å²) in [5, 5.41) is 2.74. The fraction of sp³-hybridized carbons (Fsp3) is 0.280. The molecule has 0 spiro atoms. The van der Waals surface area contributed by atoms with Gasteiger partial charge in [0.2, 0.25) is 5.95 Å². The number of hydrogen-bond donors (Lipinski definition) is 1. The van der Waals surface area contributed by atoms with E-state index in [0.29, 0.717) is 35.6 Å². The summed E-state index contributed by atoms with van der Waals surface area (Å²) in [6.45, 7) is 6.30. The van der Waals surface area contributed by atoms with Crippen molar-refractivity contribution in [3.8, 4) is 0 Å². The molecule has 0 bridgehead atoms. The van der Waals surface area contributed by atoms with Crippen molar-refractivity contribution in [3.05, 3.63) is 88.2 Å².